The number of aryl methyl sites for hydroxylation is 1. The highest BCUT2D eigenvalue weighted by Gasteiger charge is 2.46. The van der Waals surface area contributed by atoms with Gasteiger partial charge < -0.3 is 19.1 Å². The van der Waals surface area contributed by atoms with Crippen LogP contribution in [-0.4, -0.2) is 68.6 Å². The average Bonchev–Trinajstić information content (AvgIpc) is 3.21. The molecule has 0 N–H and O–H groups in total. The van der Waals surface area contributed by atoms with Gasteiger partial charge in [-0.1, -0.05) is 23.7 Å². The van der Waals surface area contributed by atoms with Gasteiger partial charge in [0.1, 0.15) is 11.4 Å². The Morgan fingerprint density at radius 3 is 2.63 bits per heavy atom. The van der Waals surface area contributed by atoms with Crippen molar-refractivity contribution in [3.05, 3.63) is 88.2 Å². The first-order valence-corrected chi connectivity index (χ1v) is 20.1. The minimum atomic E-state index is -3.52. The molecule has 2 aromatic carbocycles. The van der Waals surface area contributed by atoms with Gasteiger partial charge in [-0.05, 0) is 137 Å². The van der Waals surface area contributed by atoms with Crippen molar-refractivity contribution in [1.82, 2.24) is 9.97 Å². The second-order valence-electron chi connectivity index (χ2n) is 15.8. The van der Waals surface area contributed by atoms with Crippen LogP contribution in [0.15, 0.2) is 71.7 Å². The van der Waals surface area contributed by atoms with Crippen LogP contribution >= 0.6 is 11.6 Å². The third-order valence-corrected chi connectivity index (χ3v) is 12.9. The fourth-order valence-electron chi connectivity index (χ4n) is 8.49. The minimum Gasteiger partial charge on any atom is -0.490 e. The summed E-state index contributed by atoms with van der Waals surface area (Å²) in [7, 11) is -1.74. The topological polar surface area (TPSA) is 108 Å². The first-order valence-electron chi connectivity index (χ1n) is 18.1. The van der Waals surface area contributed by atoms with Crippen LogP contribution in [-0.2, 0) is 31.1 Å². The van der Waals surface area contributed by atoms with E-state index in [1.165, 1.54) is 29.1 Å². The SMILES string of the molecule is CO[C@@H](C1=C[C@H](CCS(=O)(=O)c2ncccn2)C1)[C@@H]1CC[C@H]1CN1C[C@@]2(CCCc3cc(Cl)ccc32)COc2ccc(C(=O)OC(C)(C)C)cc21. The number of nitrogens with zero attached hydrogens (tertiary/aromatic N) is 3. The van der Waals surface area contributed by atoms with E-state index in [4.69, 9.17) is 25.8 Å². The first kappa shape index (κ1) is 35.9. The molecule has 5 atom stereocenters. The molecule has 0 amide bonds. The molecule has 9 nitrogen and oxygen atoms in total. The third-order valence-electron chi connectivity index (χ3n) is 11.1. The quantitative estimate of drug-likeness (QED) is 0.120. The van der Waals surface area contributed by atoms with Crippen molar-refractivity contribution in [1.29, 1.82) is 0 Å². The number of carbonyl (C=O) groups excluding carboxylic acids is 1. The standard InChI is InChI=1S/C40H48ClN3O6S/c1-39(2,3)50-37(45)28-9-13-35-34(22-28)44(24-40(25-49-35)15-5-7-27-21-31(41)10-12-33(27)40)23-29-8-11-32(29)36(48-4)30-19-26(20-30)14-18-51(46,47)38-42-16-6-17-43-38/h6,9-10,12-13,16-17,19,21-22,26,29,32,36H,5,7-8,11,14-15,18,20,23-25H2,1-4H3/t26-,29-,32+,36-,40-/m0/s1. The lowest BCUT2D eigenvalue weighted by Gasteiger charge is -2.48. The number of sulfone groups is 1. The van der Waals surface area contributed by atoms with Crippen LogP contribution in [0.3, 0.4) is 0 Å². The number of halogens is 1. The number of rotatable bonds is 10. The van der Waals surface area contributed by atoms with Crippen molar-refractivity contribution in [2.75, 3.05) is 37.5 Å². The summed E-state index contributed by atoms with van der Waals surface area (Å²) < 4.78 is 44.1. The molecule has 0 unspecified atom stereocenters. The molecule has 3 aliphatic carbocycles. The molecule has 1 aromatic heterocycles. The fraction of sp³-hybridized carbons (Fsp3) is 0.525. The lowest BCUT2D eigenvalue weighted by Crippen LogP contribution is -2.50. The van der Waals surface area contributed by atoms with Gasteiger partial charge in [0.15, 0.2) is 0 Å². The van der Waals surface area contributed by atoms with E-state index in [0.29, 0.717) is 30.4 Å². The van der Waals surface area contributed by atoms with E-state index in [-0.39, 0.29) is 34.3 Å². The maximum atomic E-state index is 13.3. The molecular weight excluding hydrogens is 686 g/mol. The van der Waals surface area contributed by atoms with E-state index >= 15 is 0 Å². The molecule has 4 aliphatic rings. The summed E-state index contributed by atoms with van der Waals surface area (Å²) in [4.78, 5) is 23.6. The molecule has 7 rings (SSSR count). The van der Waals surface area contributed by atoms with Gasteiger partial charge in [-0.3, -0.25) is 0 Å². The van der Waals surface area contributed by atoms with Crippen molar-refractivity contribution in [2.45, 2.75) is 88.0 Å². The number of aromatic nitrogens is 2. The lowest BCUT2D eigenvalue weighted by atomic mass is 9.65. The highest BCUT2D eigenvalue weighted by atomic mass is 35.5. The number of methoxy groups -OCH3 is 1. The molecular formula is C40H48ClN3O6S. The van der Waals surface area contributed by atoms with Crippen molar-refractivity contribution in [3.8, 4) is 5.75 Å². The van der Waals surface area contributed by atoms with Gasteiger partial charge in [-0.25, -0.2) is 23.2 Å². The minimum absolute atomic E-state index is 0.0173. The summed E-state index contributed by atoms with van der Waals surface area (Å²) in [6, 6.07) is 13.6. The second-order valence-corrected chi connectivity index (χ2v) is 18.2. The van der Waals surface area contributed by atoms with Gasteiger partial charge in [-0.2, -0.15) is 0 Å². The molecule has 0 radical (unpaired) electrons. The smallest absolute Gasteiger partial charge is 0.338 e. The van der Waals surface area contributed by atoms with Crippen molar-refractivity contribution in [2.24, 2.45) is 17.8 Å². The first-order chi connectivity index (χ1) is 24.3. The van der Waals surface area contributed by atoms with Gasteiger partial charge in [0, 0.05) is 43.0 Å². The Labute approximate surface area is 306 Å². The van der Waals surface area contributed by atoms with Crippen molar-refractivity contribution >= 4 is 33.1 Å². The summed E-state index contributed by atoms with van der Waals surface area (Å²) in [6.07, 6.45) is 11.7. The molecule has 1 saturated carbocycles. The Kier molecular flexibility index (Phi) is 9.97. The maximum absolute atomic E-state index is 13.3. The second kappa shape index (κ2) is 14.2. The number of allylic oxidation sites excluding steroid dienone is 1. The Balaban J connectivity index is 1.12. The Bertz CT molecular complexity index is 1910. The summed E-state index contributed by atoms with van der Waals surface area (Å²) in [5, 5.41) is 0.645. The van der Waals surface area contributed by atoms with Gasteiger partial charge in [0.05, 0.1) is 29.7 Å². The number of carbonyl (C=O) groups is 1. The normalized spacial score (nSPS) is 24.9. The molecule has 11 heteroatoms. The Morgan fingerprint density at radius 2 is 1.92 bits per heavy atom. The molecule has 1 aliphatic heterocycles. The summed E-state index contributed by atoms with van der Waals surface area (Å²) in [5.41, 5.74) is 4.44. The average molecular weight is 734 g/mol. The Morgan fingerprint density at radius 1 is 1.14 bits per heavy atom. The van der Waals surface area contributed by atoms with Gasteiger partial charge in [0.2, 0.25) is 15.0 Å². The number of ether oxygens (including phenoxy) is 3. The number of esters is 1. The summed E-state index contributed by atoms with van der Waals surface area (Å²) >= 11 is 6.47. The lowest BCUT2D eigenvalue weighted by molar-refractivity contribution is 0.000512. The fourth-order valence-corrected chi connectivity index (χ4v) is 9.93. The van der Waals surface area contributed by atoms with E-state index in [1.807, 2.05) is 45.0 Å². The largest absolute Gasteiger partial charge is 0.490 e. The van der Waals surface area contributed by atoms with E-state index < -0.39 is 15.4 Å². The molecule has 3 aromatic rings. The van der Waals surface area contributed by atoms with Crippen LogP contribution in [0.25, 0.3) is 0 Å². The number of hydrogen-bond donors (Lipinski definition) is 0. The van der Waals surface area contributed by atoms with Crippen LogP contribution in [0.1, 0.15) is 80.8 Å². The highest BCUT2D eigenvalue weighted by molar-refractivity contribution is 7.91. The zero-order valence-electron chi connectivity index (χ0n) is 29.9. The predicted octanol–water partition coefficient (Wildman–Crippen LogP) is 7.41. The molecule has 51 heavy (non-hydrogen) atoms. The van der Waals surface area contributed by atoms with E-state index in [2.05, 4.69) is 33.1 Å². The van der Waals surface area contributed by atoms with Crippen LogP contribution in [0.5, 0.6) is 5.75 Å². The van der Waals surface area contributed by atoms with Crippen LogP contribution < -0.4 is 9.64 Å². The number of benzene rings is 2. The molecule has 0 bridgehead atoms. The van der Waals surface area contributed by atoms with Gasteiger partial charge in [-0.15, -0.1) is 0 Å². The summed E-state index contributed by atoms with van der Waals surface area (Å²) in [5.74, 6) is 1.34. The highest BCUT2D eigenvalue weighted by Crippen LogP contribution is 2.49. The number of fused-ring (bicyclic) bond motifs is 3. The van der Waals surface area contributed by atoms with Gasteiger partial charge >= 0.3 is 5.97 Å². The number of hydrogen-bond acceptors (Lipinski definition) is 9. The predicted molar refractivity (Wildman–Crippen MR) is 197 cm³/mol. The van der Waals surface area contributed by atoms with Gasteiger partial charge in [0.25, 0.3) is 0 Å². The van der Waals surface area contributed by atoms with E-state index in [1.54, 1.807) is 13.2 Å². The third kappa shape index (κ3) is 7.55. The van der Waals surface area contributed by atoms with Crippen LogP contribution in [0.4, 0.5) is 5.69 Å². The zero-order chi connectivity index (χ0) is 36.0. The molecule has 1 spiro atoms. The molecule has 0 saturated heterocycles. The monoisotopic (exact) mass is 733 g/mol. The number of anilines is 1. The summed E-state index contributed by atoms with van der Waals surface area (Å²) in [6.45, 7) is 7.75. The maximum Gasteiger partial charge on any atom is 0.338 e. The van der Waals surface area contributed by atoms with Crippen molar-refractivity contribution in [3.63, 3.8) is 0 Å². The van der Waals surface area contributed by atoms with Crippen LogP contribution in [0.2, 0.25) is 5.02 Å². The van der Waals surface area contributed by atoms with E-state index in [0.717, 1.165) is 68.1 Å². The van der Waals surface area contributed by atoms with E-state index in [9.17, 15) is 13.2 Å². The van der Waals surface area contributed by atoms with Crippen LogP contribution in [0, 0.1) is 17.8 Å². The molecule has 1 fully saturated rings. The zero-order valence-corrected chi connectivity index (χ0v) is 31.5. The molecule has 272 valence electrons. The molecule has 2 heterocycles. The Hall–Kier alpha value is -3.47. The van der Waals surface area contributed by atoms with Crippen molar-refractivity contribution < 1.29 is 27.4 Å².